The van der Waals surface area contributed by atoms with Gasteiger partial charge in [0.25, 0.3) is 0 Å². The van der Waals surface area contributed by atoms with Crippen LogP contribution in [0.2, 0.25) is 10.2 Å². The Labute approximate surface area is 120 Å². The van der Waals surface area contributed by atoms with Gasteiger partial charge in [0.2, 0.25) is 0 Å². The molecule has 0 fully saturated rings. The summed E-state index contributed by atoms with van der Waals surface area (Å²) in [5.74, 6) is 0. The van der Waals surface area contributed by atoms with Crippen LogP contribution in [0.5, 0.6) is 0 Å². The summed E-state index contributed by atoms with van der Waals surface area (Å²) in [6, 6.07) is 11.5. The number of nitrogens with zero attached hydrogens (tertiary/aromatic N) is 3. The van der Waals surface area contributed by atoms with E-state index in [1.807, 2.05) is 37.3 Å². The maximum absolute atomic E-state index is 6.14. The van der Waals surface area contributed by atoms with Crippen LogP contribution in [-0.4, -0.2) is 14.6 Å². The molecule has 0 N–H and O–H groups in total. The normalized spacial score (nSPS) is 11.1. The molecular weight excluding hydrogens is 281 g/mol. The number of benzene rings is 1. The predicted octanol–water partition coefficient (Wildman–Crippen LogP) is 3.94. The minimum absolute atomic E-state index is 0.569. The number of hydrogen-bond donors (Lipinski definition) is 0. The Bertz CT molecular complexity index is 750. The van der Waals surface area contributed by atoms with E-state index < -0.39 is 0 Å². The third-order valence-electron chi connectivity index (χ3n) is 2.84. The zero-order chi connectivity index (χ0) is 13.4. The summed E-state index contributed by atoms with van der Waals surface area (Å²) in [7, 11) is 0. The minimum atomic E-state index is 0.569. The quantitative estimate of drug-likeness (QED) is 0.670. The molecule has 0 radical (unpaired) electrons. The van der Waals surface area contributed by atoms with Gasteiger partial charge in [0.1, 0.15) is 5.15 Å². The molecule has 2 heterocycles. The van der Waals surface area contributed by atoms with E-state index in [9.17, 15) is 0 Å². The zero-order valence-electron chi connectivity index (χ0n) is 10.3. The molecule has 1 aromatic carbocycles. The molecule has 3 nitrogen and oxygen atoms in total. The first-order valence-corrected chi connectivity index (χ1v) is 6.64. The van der Waals surface area contributed by atoms with Gasteiger partial charge in [-0.1, -0.05) is 35.3 Å². The van der Waals surface area contributed by atoms with Crippen LogP contribution in [-0.2, 0) is 6.42 Å². The highest BCUT2D eigenvalue weighted by Crippen LogP contribution is 2.17. The first-order valence-electron chi connectivity index (χ1n) is 5.88. The monoisotopic (exact) mass is 291 g/mol. The molecule has 19 heavy (non-hydrogen) atoms. The lowest BCUT2D eigenvalue weighted by atomic mass is 10.1. The number of halogens is 2. The third kappa shape index (κ3) is 2.57. The molecule has 0 spiro atoms. The van der Waals surface area contributed by atoms with Gasteiger partial charge in [-0.25, -0.2) is 9.50 Å². The Kier molecular flexibility index (Phi) is 3.17. The summed E-state index contributed by atoms with van der Waals surface area (Å²) in [6.45, 7) is 1.91. The fourth-order valence-corrected chi connectivity index (χ4v) is 2.54. The van der Waals surface area contributed by atoms with Crippen molar-refractivity contribution in [1.29, 1.82) is 0 Å². The Morgan fingerprint density at radius 1 is 1.16 bits per heavy atom. The van der Waals surface area contributed by atoms with Crippen LogP contribution < -0.4 is 0 Å². The molecular formula is C14H11Cl2N3. The van der Waals surface area contributed by atoms with Crippen LogP contribution in [0.4, 0.5) is 0 Å². The van der Waals surface area contributed by atoms with Crippen LogP contribution in [0.1, 0.15) is 17.0 Å². The van der Waals surface area contributed by atoms with Gasteiger partial charge in [0.15, 0.2) is 5.65 Å². The van der Waals surface area contributed by atoms with Crippen LogP contribution in [0.25, 0.3) is 5.65 Å². The molecule has 3 rings (SSSR count). The van der Waals surface area contributed by atoms with Gasteiger partial charge >= 0.3 is 0 Å². The van der Waals surface area contributed by atoms with E-state index >= 15 is 0 Å². The summed E-state index contributed by atoms with van der Waals surface area (Å²) in [5.41, 5.74) is 3.68. The molecule has 0 saturated carbocycles. The lowest BCUT2D eigenvalue weighted by Gasteiger charge is -1.98. The standard InChI is InChI=1S/C14H11Cl2N3/c1-9-5-13(16)19-14(17-9)8-12(18-19)7-10-3-2-4-11(15)6-10/h2-6,8H,7H2,1H3. The van der Waals surface area contributed by atoms with Crippen molar-refractivity contribution in [3.05, 3.63) is 63.5 Å². The fourth-order valence-electron chi connectivity index (χ4n) is 2.04. The van der Waals surface area contributed by atoms with Crippen LogP contribution >= 0.6 is 23.2 Å². The summed E-state index contributed by atoms with van der Waals surface area (Å²) in [4.78, 5) is 4.41. The number of hydrogen-bond acceptors (Lipinski definition) is 2. The van der Waals surface area contributed by atoms with Gasteiger partial charge in [-0.2, -0.15) is 5.10 Å². The average molecular weight is 292 g/mol. The van der Waals surface area contributed by atoms with Gasteiger partial charge in [0, 0.05) is 23.2 Å². The SMILES string of the molecule is Cc1cc(Cl)n2nc(Cc3cccc(Cl)c3)cc2n1. The molecule has 0 aliphatic rings. The van der Waals surface area contributed by atoms with E-state index in [4.69, 9.17) is 23.2 Å². The summed E-state index contributed by atoms with van der Waals surface area (Å²) in [6.07, 6.45) is 0.708. The molecule has 3 aromatic rings. The number of fused-ring (bicyclic) bond motifs is 1. The summed E-state index contributed by atoms with van der Waals surface area (Å²) < 4.78 is 1.65. The van der Waals surface area contributed by atoms with Crippen LogP contribution in [0, 0.1) is 6.92 Å². The molecule has 0 saturated heterocycles. The molecule has 0 unspecified atom stereocenters. The van der Waals surface area contributed by atoms with E-state index in [1.165, 1.54) is 0 Å². The molecule has 96 valence electrons. The Morgan fingerprint density at radius 2 is 2.00 bits per heavy atom. The van der Waals surface area contributed by atoms with Crippen molar-refractivity contribution in [3.8, 4) is 0 Å². The molecule has 0 atom stereocenters. The lowest BCUT2D eigenvalue weighted by Crippen LogP contribution is -1.95. The minimum Gasteiger partial charge on any atom is -0.234 e. The van der Waals surface area contributed by atoms with E-state index in [0.29, 0.717) is 11.6 Å². The second-order valence-corrected chi connectivity index (χ2v) is 5.26. The highest BCUT2D eigenvalue weighted by molar-refractivity contribution is 6.30. The Balaban J connectivity index is 2.00. The topological polar surface area (TPSA) is 30.2 Å². The van der Waals surface area contributed by atoms with Crippen molar-refractivity contribution >= 4 is 28.8 Å². The molecule has 0 amide bonds. The Hall–Kier alpha value is -1.58. The molecule has 0 bridgehead atoms. The molecule has 2 aromatic heterocycles. The number of rotatable bonds is 2. The number of aromatic nitrogens is 3. The van der Waals surface area contributed by atoms with Gasteiger partial charge < -0.3 is 0 Å². The second-order valence-electron chi connectivity index (χ2n) is 4.43. The molecule has 0 aliphatic heterocycles. The third-order valence-corrected chi connectivity index (χ3v) is 3.34. The summed E-state index contributed by atoms with van der Waals surface area (Å²) >= 11 is 12.1. The van der Waals surface area contributed by atoms with Crippen molar-refractivity contribution in [3.63, 3.8) is 0 Å². The predicted molar refractivity (Wildman–Crippen MR) is 77.0 cm³/mol. The van der Waals surface area contributed by atoms with Gasteiger partial charge in [-0.15, -0.1) is 0 Å². The highest BCUT2D eigenvalue weighted by Gasteiger charge is 2.07. The van der Waals surface area contributed by atoms with Crippen LogP contribution in [0.15, 0.2) is 36.4 Å². The van der Waals surface area contributed by atoms with E-state index in [1.54, 1.807) is 10.6 Å². The largest absolute Gasteiger partial charge is 0.234 e. The van der Waals surface area contributed by atoms with Crippen molar-refractivity contribution < 1.29 is 0 Å². The van der Waals surface area contributed by atoms with Crippen molar-refractivity contribution in [2.45, 2.75) is 13.3 Å². The van der Waals surface area contributed by atoms with E-state index in [-0.39, 0.29) is 0 Å². The average Bonchev–Trinajstić information content (AvgIpc) is 2.71. The van der Waals surface area contributed by atoms with E-state index in [0.717, 1.165) is 27.6 Å². The van der Waals surface area contributed by atoms with Crippen molar-refractivity contribution in [2.75, 3.05) is 0 Å². The smallest absolute Gasteiger partial charge is 0.157 e. The lowest BCUT2D eigenvalue weighted by molar-refractivity contribution is 0.891. The maximum Gasteiger partial charge on any atom is 0.157 e. The molecule has 5 heteroatoms. The molecule has 0 aliphatic carbocycles. The van der Waals surface area contributed by atoms with Crippen LogP contribution in [0.3, 0.4) is 0 Å². The second kappa shape index (κ2) is 4.83. The fraction of sp³-hybridized carbons (Fsp3) is 0.143. The first-order chi connectivity index (χ1) is 9.11. The van der Waals surface area contributed by atoms with Gasteiger partial charge in [0.05, 0.1) is 5.69 Å². The highest BCUT2D eigenvalue weighted by atomic mass is 35.5. The van der Waals surface area contributed by atoms with Crippen molar-refractivity contribution in [1.82, 2.24) is 14.6 Å². The van der Waals surface area contributed by atoms with Gasteiger partial charge in [-0.05, 0) is 30.7 Å². The Morgan fingerprint density at radius 3 is 2.79 bits per heavy atom. The first kappa shape index (κ1) is 12.5. The van der Waals surface area contributed by atoms with Crippen molar-refractivity contribution in [2.24, 2.45) is 0 Å². The van der Waals surface area contributed by atoms with E-state index in [2.05, 4.69) is 10.1 Å². The van der Waals surface area contributed by atoms with Gasteiger partial charge in [-0.3, -0.25) is 0 Å². The zero-order valence-corrected chi connectivity index (χ0v) is 11.8. The summed E-state index contributed by atoms with van der Waals surface area (Å²) in [5, 5.41) is 5.76. The maximum atomic E-state index is 6.14. The number of aryl methyl sites for hydroxylation is 1.